The van der Waals surface area contributed by atoms with Gasteiger partial charge < -0.3 is 0 Å². The van der Waals surface area contributed by atoms with E-state index in [1.54, 1.807) is 0 Å². The van der Waals surface area contributed by atoms with E-state index in [9.17, 15) is 0 Å². The van der Waals surface area contributed by atoms with Crippen LogP contribution in [0.15, 0.2) is 291 Å². The first-order valence-electron chi connectivity index (χ1n) is 29.6. The topological polar surface area (TPSA) is 0 Å². The first kappa shape index (κ1) is 51.0. The molecule has 15 rings (SSSR count). The van der Waals surface area contributed by atoms with Gasteiger partial charge in [0.25, 0.3) is 0 Å². The maximum Gasteiger partial charge on any atom is 0.0776 e. The van der Waals surface area contributed by atoms with E-state index in [-0.39, 0.29) is 0 Å². The highest BCUT2D eigenvalue weighted by atomic mass is 28.3. The number of hydrogen-bond donors (Lipinski definition) is 0. The first-order chi connectivity index (χ1) is 40.4. The Hall–Kier alpha value is -8.93. The minimum atomic E-state index is -1.69. The van der Waals surface area contributed by atoms with Gasteiger partial charge in [-0.2, -0.15) is 0 Å². The molecule has 3 aliphatic carbocycles. The maximum absolute atomic E-state index is 2.57. The third-order valence-corrected chi connectivity index (χ3v) is 23.1. The monoisotopic (exact) mass is 1090 g/mol. The van der Waals surface area contributed by atoms with Crippen molar-refractivity contribution in [1.82, 2.24) is 0 Å². The molecule has 0 aromatic heterocycles. The van der Waals surface area contributed by atoms with Crippen LogP contribution < -0.4 is 10.4 Å². The summed E-state index contributed by atoms with van der Waals surface area (Å²) in [5.41, 5.74) is 26.7. The van der Waals surface area contributed by atoms with Gasteiger partial charge in [0.2, 0.25) is 0 Å². The molecular weight excluding hydrogens is 1030 g/mol. The molecule has 0 atom stereocenters. The van der Waals surface area contributed by atoms with Crippen molar-refractivity contribution in [2.45, 2.75) is 55.5 Å². The fourth-order valence-electron chi connectivity index (χ4n) is 15.1. The Balaban J connectivity index is 0.940. The van der Waals surface area contributed by atoms with E-state index < -0.39 is 32.4 Å². The Labute approximate surface area is 492 Å². The lowest BCUT2D eigenvalue weighted by Gasteiger charge is -2.35. The predicted molar refractivity (Wildman–Crippen MR) is 355 cm³/mol. The molecule has 12 aromatic carbocycles. The van der Waals surface area contributed by atoms with E-state index in [1.807, 2.05) is 0 Å². The van der Waals surface area contributed by atoms with E-state index in [1.165, 1.54) is 133 Å². The van der Waals surface area contributed by atoms with Gasteiger partial charge in [0, 0.05) is 0 Å². The summed E-state index contributed by atoms with van der Waals surface area (Å²) in [7, 11) is -3.38. The van der Waals surface area contributed by atoms with Crippen LogP contribution in [0.3, 0.4) is 0 Å². The van der Waals surface area contributed by atoms with Crippen LogP contribution in [-0.4, -0.2) is 16.1 Å². The summed E-state index contributed by atoms with van der Waals surface area (Å²) < 4.78 is 0. The molecule has 0 bridgehead atoms. The molecule has 0 heterocycles. The summed E-state index contributed by atoms with van der Waals surface area (Å²) in [6, 6.07) is 112. The molecule has 0 aliphatic heterocycles. The van der Waals surface area contributed by atoms with Crippen LogP contribution in [0.4, 0.5) is 0 Å². The van der Waals surface area contributed by atoms with Crippen molar-refractivity contribution in [1.29, 1.82) is 0 Å². The number of rotatable bonds is 10. The Morgan fingerprint density at radius 3 is 0.566 bits per heavy atom. The standard InChI is InChI=1S/C81H66Si2/c1-82(2,3)65-41-47-71-69-45-39-57(51-75(69)80(77(71)53-65,61-29-17-9-18-30-61)62-31-19-10-20-32-62)55-37-43-67-68-44-38-56(50-74(68)79(73(67)49-55,59-25-13-7-14-26-59)60-27-15-8-16-28-60)58-40-46-70-72-48-42-66(83(4,5)6)54-78(72)81(76(70)52-58,63-33-21-11-22-34-63)64-35-23-12-24-36-64/h7-54H,1-6H3. The van der Waals surface area contributed by atoms with E-state index in [0.717, 1.165) is 0 Å². The second-order valence-corrected chi connectivity index (χ2v) is 35.7. The number of hydrogen-bond acceptors (Lipinski definition) is 0. The molecule has 0 nitrogen and oxygen atoms in total. The van der Waals surface area contributed by atoms with Gasteiger partial charge in [-0.05, 0) is 147 Å². The highest BCUT2D eigenvalue weighted by Crippen LogP contribution is 2.61. The van der Waals surface area contributed by atoms with Gasteiger partial charge in [-0.25, -0.2) is 0 Å². The Kier molecular flexibility index (Phi) is 11.7. The molecule has 12 aromatic rings. The van der Waals surface area contributed by atoms with Crippen molar-refractivity contribution in [2.75, 3.05) is 0 Å². The lowest BCUT2D eigenvalue weighted by molar-refractivity contribution is 0.767. The Morgan fingerprint density at radius 1 is 0.193 bits per heavy atom. The van der Waals surface area contributed by atoms with Gasteiger partial charge >= 0.3 is 0 Å². The maximum atomic E-state index is 2.57. The zero-order valence-corrected chi connectivity index (χ0v) is 50.2. The van der Waals surface area contributed by atoms with E-state index in [4.69, 9.17) is 0 Å². The van der Waals surface area contributed by atoms with E-state index in [0.29, 0.717) is 0 Å². The number of fused-ring (bicyclic) bond motifs is 9. The largest absolute Gasteiger partial charge is 0.0776 e. The van der Waals surface area contributed by atoms with Crippen LogP contribution in [0.25, 0.3) is 55.6 Å². The zero-order valence-electron chi connectivity index (χ0n) is 48.2. The van der Waals surface area contributed by atoms with Crippen molar-refractivity contribution < 1.29 is 0 Å². The molecule has 0 unspecified atom stereocenters. The van der Waals surface area contributed by atoms with Crippen LogP contribution in [0, 0.1) is 0 Å². The quantitative estimate of drug-likeness (QED) is 0.120. The van der Waals surface area contributed by atoms with Gasteiger partial charge in [0.05, 0.1) is 32.4 Å². The summed E-state index contributed by atoms with van der Waals surface area (Å²) in [6.07, 6.45) is 0. The van der Waals surface area contributed by atoms with Gasteiger partial charge in [0.1, 0.15) is 0 Å². The highest BCUT2D eigenvalue weighted by Gasteiger charge is 2.50. The highest BCUT2D eigenvalue weighted by molar-refractivity contribution is 6.89. The molecule has 0 fully saturated rings. The second-order valence-electron chi connectivity index (χ2n) is 25.5. The average Bonchev–Trinajstić information content (AvgIpc) is 1.83. The number of benzene rings is 12. The fraction of sp³-hybridized carbons (Fsp3) is 0.111. The first-order valence-corrected chi connectivity index (χ1v) is 36.6. The van der Waals surface area contributed by atoms with Crippen molar-refractivity contribution in [3.8, 4) is 55.6 Å². The minimum Gasteiger partial charge on any atom is -0.0656 e. The van der Waals surface area contributed by atoms with Gasteiger partial charge in [-0.1, -0.05) is 317 Å². The third-order valence-electron chi connectivity index (χ3n) is 19.1. The van der Waals surface area contributed by atoms with Crippen molar-refractivity contribution in [3.05, 3.63) is 358 Å². The molecule has 0 saturated heterocycles. The lowest BCUT2D eigenvalue weighted by Crippen LogP contribution is -2.39. The summed E-state index contributed by atoms with van der Waals surface area (Å²) in [4.78, 5) is 0. The Bertz CT molecular complexity index is 4100. The average molecular weight is 1100 g/mol. The zero-order chi connectivity index (χ0) is 56.3. The SMILES string of the molecule is C[Si](C)(C)c1ccc2c(c1)C(c1ccccc1)(c1ccccc1)c1cc(-c3ccc4c(c3)C(c3ccccc3)(c3ccccc3)c3cc(-c5ccc6c(c5)C(c5ccccc5)(c5ccccc5)c5cc([Si](C)(C)C)ccc5-6)ccc3-4)ccc1-2. The molecule has 0 radical (unpaired) electrons. The van der Waals surface area contributed by atoms with Crippen molar-refractivity contribution in [2.24, 2.45) is 0 Å². The van der Waals surface area contributed by atoms with Crippen molar-refractivity contribution in [3.63, 3.8) is 0 Å². The van der Waals surface area contributed by atoms with Gasteiger partial charge in [0.15, 0.2) is 0 Å². The van der Waals surface area contributed by atoms with Crippen LogP contribution in [-0.2, 0) is 16.2 Å². The van der Waals surface area contributed by atoms with Crippen LogP contribution in [0.1, 0.15) is 66.8 Å². The molecule has 83 heavy (non-hydrogen) atoms. The van der Waals surface area contributed by atoms with Crippen LogP contribution in [0.2, 0.25) is 39.3 Å². The smallest absolute Gasteiger partial charge is 0.0656 e. The lowest BCUT2D eigenvalue weighted by atomic mass is 9.66. The molecule has 398 valence electrons. The third kappa shape index (κ3) is 7.55. The molecule has 0 amide bonds. The van der Waals surface area contributed by atoms with Crippen LogP contribution in [0.5, 0.6) is 0 Å². The summed E-state index contributed by atoms with van der Waals surface area (Å²) in [5.74, 6) is 0. The fourth-order valence-corrected chi connectivity index (χ4v) is 17.4. The predicted octanol–water partition coefficient (Wildman–Crippen LogP) is 19.2. The van der Waals surface area contributed by atoms with Crippen LogP contribution >= 0.6 is 0 Å². The molecule has 2 heteroatoms. The molecule has 0 spiro atoms. The van der Waals surface area contributed by atoms with E-state index >= 15 is 0 Å². The molecule has 0 saturated carbocycles. The normalized spacial score (nSPS) is 14.7. The van der Waals surface area contributed by atoms with E-state index in [2.05, 4.69) is 330 Å². The summed E-state index contributed by atoms with van der Waals surface area (Å²) in [6.45, 7) is 14.8. The van der Waals surface area contributed by atoms with Crippen molar-refractivity contribution >= 4 is 26.5 Å². The second kappa shape index (κ2) is 19.1. The molecule has 0 N–H and O–H groups in total. The summed E-state index contributed by atoms with van der Waals surface area (Å²) in [5, 5.41) is 2.95. The Morgan fingerprint density at radius 2 is 0.373 bits per heavy atom. The van der Waals surface area contributed by atoms with Gasteiger partial charge in [-0.15, -0.1) is 0 Å². The molecule has 3 aliphatic rings. The van der Waals surface area contributed by atoms with Gasteiger partial charge in [-0.3, -0.25) is 0 Å². The summed E-state index contributed by atoms with van der Waals surface area (Å²) >= 11 is 0. The molecular formula is C81H66Si2. The minimum absolute atomic E-state index is 0.515.